The molecule has 106 valence electrons. The molecular formula is C22H18. The first-order chi connectivity index (χ1) is 10.9. The third kappa shape index (κ3) is 2.43. The van der Waals surface area contributed by atoms with Crippen molar-refractivity contribution >= 4 is 0 Å². The van der Waals surface area contributed by atoms with Gasteiger partial charge in [-0.15, -0.1) is 5.92 Å². The van der Waals surface area contributed by atoms with Crippen LogP contribution in [-0.4, -0.2) is 0 Å². The van der Waals surface area contributed by atoms with Gasteiger partial charge in [0.1, 0.15) is 5.41 Å². The van der Waals surface area contributed by atoms with Crippen LogP contribution in [0.1, 0.15) is 23.6 Å². The van der Waals surface area contributed by atoms with E-state index in [4.69, 9.17) is 0 Å². The highest BCUT2D eigenvalue weighted by Gasteiger charge is 2.34. The van der Waals surface area contributed by atoms with Gasteiger partial charge in [0.25, 0.3) is 0 Å². The maximum Gasteiger partial charge on any atom is 0.106 e. The van der Waals surface area contributed by atoms with Crippen molar-refractivity contribution in [3.05, 3.63) is 108 Å². The van der Waals surface area contributed by atoms with Crippen molar-refractivity contribution in [1.82, 2.24) is 0 Å². The number of hydrogen-bond donors (Lipinski definition) is 0. The van der Waals surface area contributed by atoms with Gasteiger partial charge in [0, 0.05) is 0 Å². The summed E-state index contributed by atoms with van der Waals surface area (Å²) in [5, 5.41) is 0. The standard InChI is InChI=1S/C22H18/c1-2-18-22(19-12-6-3-7-13-19,20-14-8-4-9-15-20)21-16-10-5-11-17-21/h3-17H,1H3. The van der Waals surface area contributed by atoms with E-state index in [1.807, 2.05) is 25.1 Å². The molecule has 3 aromatic rings. The Morgan fingerprint density at radius 1 is 0.545 bits per heavy atom. The van der Waals surface area contributed by atoms with Gasteiger partial charge in [-0.1, -0.05) is 96.9 Å². The van der Waals surface area contributed by atoms with E-state index in [2.05, 4.69) is 84.6 Å². The van der Waals surface area contributed by atoms with E-state index in [1.165, 1.54) is 16.7 Å². The lowest BCUT2D eigenvalue weighted by atomic mass is 9.70. The molecule has 0 amide bonds. The van der Waals surface area contributed by atoms with E-state index < -0.39 is 5.41 Å². The molecule has 22 heavy (non-hydrogen) atoms. The fourth-order valence-electron chi connectivity index (χ4n) is 2.97. The SMILES string of the molecule is CC#CC(c1ccccc1)(c1ccccc1)c1ccccc1. The molecule has 0 heterocycles. The van der Waals surface area contributed by atoms with Crippen molar-refractivity contribution in [2.24, 2.45) is 0 Å². The minimum atomic E-state index is -0.432. The Bertz CT molecular complexity index is 678. The molecule has 0 atom stereocenters. The lowest BCUT2D eigenvalue weighted by Gasteiger charge is -2.30. The summed E-state index contributed by atoms with van der Waals surface area (Å²) in [5.74, 6) is 6.65. The summed E-state index contributed by atoms with van der Waals surface area (Å²) in [6.07, 6.45) is 0. The molecule has 0 bridgehead atoms. The van der Waals surface area contributed by atoms with Gasteiger partial charge in [-0.2, -0.15) is 0 Å². The van der Waals surface area contributed by atoms with Gasteiger partial charge in [-0.25, -0.2) is 0 Å². The zero-order valence-electron chi connectivity index (χ0n) is 12.7. The Labute approximate surface area is 132 Å². The van der Waals surface area contributed by atoms with Crippen molar-refractivity contribution in [1.29, 1.82) is 0 Å². The minimum absolute atomic E-state index is 0.432. The highest BCUT2D eigenvalue weighted by molar-refractivity contribution is 5.57. The maximum atomic E-state index is 3.50. The highest BCUT2D eigenvalue weighted by atomic mass is 14.3. The molecule has 0 radical (unpaired) electrons. The van der Waals surface area contributed by atoms with E-state index in [-0.39, 0.29) is 0 Å². The van der Waals surface area contributed by atoms with Crippen LogP contribution in [-0.2, 0) is 5.41 Å². The van der Waals surface area contributed by atoms with E-state index in [1.54, 1.807) is 0 Å². The number of benzene rings is 3. The Kier molecular flexibility index (Phi) is 4.08. The molecule has 0 saturated carbocycles. The van der Waals surface area contributed by atoms with Gasteiger partial charge in [-0.3, -0.25) is 0 Å². The number of rotatable bonds is 3. The molecule has 0 unspecified atom stereocenters. The Hall–Kier alpha value is -2.78. The fraction of sp³-hybridized carbons (Fsp3) is 0.0909. The molecule has 3 aromatic carbocycles. The summed E-state index contributed by atoms with van der Waals surface area (Å²) >= 11 is 0. The van der Waals surface area contributed by atoms with Crippen molar-refractivity contribution in [2.45, 2.75) is 12.3 Å². The van der Waals surface area contributed by atoms with E-state index in [0.29, 0.717) is 0 Å². The zero-order chi connectivity index (χ0) is 15.3. The molecule has 0 N–H and O–H groups in total. The van der Waals surface area contributed by atoms with Crippen LogP contribution >= 0.6 is 0 Å². The maximum absolute atomic E-state index is 3.50. The van der Waals surface area contributed by atoms with Gasteiger partial charge >= 0.3 is 0 Å². The van der Waals surface area contributed by atoms with Crippen LogP contribution in [0.3, 0.4) is 0 Å². The van der Waals surface area contributed by atoms with E-state index in [9.17, 15) is 0 Å². The van der Waals surface area contributed by atoms with Crippen LogP contribution in [0.2, 0.25) is 0 Å². The smallest absolute Gasteiger partial charge is 0.105 e. The Morgan fingerprint density at radius 2 is 0.864 bits per heavy atom. The molecule has 0 fully saturated rings. The predicted molar refractivity (Wildman–Crippen MR) is 92.7 cm³/mol. The summed E-state index contributed by atoms with van der Waals surface area (Å²) < 4.78 is 0. The number of hydrogen-bond acceptors (Lipinski definition) is 0. The lowest BCUT2D eigenvalue weighted by molar-refractivity contribution is 0.809. The Balaban J connectivity index is 2.36. The molecule has 0 heteroatoms. The molecule has 0 saturated heterocycles. The molecule has 0 spiro atoms. The molecule has 0 aliphatic rings. The second-order valence-electron chi connectivity index (χ2n) is 5.22. The third-order valence-corrected chi connectivity index (χ3v) is 3.93. The van der Waals surface area contributed by atoms with Gasteiger partial charge < -0.3 is 0 Å². The molecule has 0 aliphatic heterocycles. The molecule has 3 rings (SSSR count). The second kappa shape index (κ2) is 6.33. The van der Waals surface area contributed by atoms with Crippen LogP contribution in [0.4, 0.5) is 0 Å². The van der Waals surface area contributed by atoms with E-state index >= 15 is 0 Å². The second-order valence-corrected chi connectivity index (χ2v) is 5.22. The van der Waals surface area contributed by atoms with E-state index in [0.717, 1.165) is 0 Å². The van der Waals surface area contributed by atoms with Crippen molar-refractivity contribution < 1.29 is 0 Å². The van der Waals surface area contributed by atoms with Crippen LogP contribution in [0.5, 0.6) is 0 Å². The van der Waals surface area contributed by atoms with Crippen LogP contribution in [0, 0.1) is 11.8 Å². The first-order valence-electron chi connectivity index (χ1n) is 7.48. The summed E-state index contributed by atoms with van der Waals surface area (Å²) in [4.78, 5) is 0. The van der Waals surface area contributed by atoms with Crippen molar-refractivity contribution in [2.75, 3.05) is 0 Å². The van der Waals surface area contributed by atoms with Crippen LogP contribution in [0.25, 0.3) is 0 Å². The fourth-order valence-corrected chi connectivity index (χ4v) is 2.97. The monoisotopic (exact) mass is 282 g/mol. The lowest BCUT2D eigenvalue weighted by Crippen LogP contribution is -2.27. The first kappa shape index (κ1) is 14.2. The van der Waals surface area contributed by atoms with Gasteiger partial charge in [0.15, 0.2) is 0 Å². The zero-order valence-corrected chi connectivity index (χ0v) is 12.7. The summed E-state index contributed by atoms with van der Waals surface area (Å²) in [7, 11) is 0. The van der Waals surface area contributed by atoms with Gasteiger partial charge in [0.2, 0.25) is 0 Å². The normalized spacial score (nSPS) is 10.6. The predicted octanol–water partition coefficient (Wildman–Crippen LogP) is 5.04. The van der Waals surface area contributed by atoms with Gasteiger partial charge in [-0.05, 0) is 23.6 Å². The van der Waals surface area contributed by atoms with Crippen LogP contribution in [0.15, 0.2) is 91.0 Å². The first-order valence-corrected chi connectivity index (χ1v) is 7.48. The largest absolute Gasteiger partial charge is 0.106 e. The molecule has 0 aromatic heterocycles. The third-order valence-electron chi connectivity index (χ3n) is 3.93. The molecular weight excluding hydrogens is 264 g/mol. The van der Waals surface area contributed by atoms with Crippen LogP contribution < -0.4 is 0 Å². The van der Waals surface area contributed by atoms with Gasteiger partial charge in [0.05, 0.1) is 0 Å². The van der Waals surface area contributed by atoms with Crippen molar-refractivity contribution in [3.8, 4) is 11.8 Å². The molecule has 0 aliphatic carbocycles. The van der Waals surface area contributed by atoms with Crippen molar-refractivity contribution in [3.63, 3.8) is 0 Å². The summed E-state index contributed by atoms with van der Waals surface area (Å²) in [6.45, 7) is 1.91. The summed E-state index contributed by atoms with van der Waals surface area (Å²) in [6, 6.07) is 31.5. The highest BCUT2D eigenvalue weighted by Crippen LogP contribution is 2.38. The average molecular weight is 282 g/mol. The minimum Gasteiger partial charge on any atom is -0.105 e. The average Bonchev–Trinajstić information content (AvgIpc) is 2.62. The quantitative estimate of drug-likeness (QED) is 0.466. The summed E-state index contributed by atoms with van der Waals surface area (Å²) in [5.41, 5.74) is 3.16. The Morgan fingerprint density at radius 3 is 1.14 bits per heavy atom. The topological polar surface area (TPSA) is 0 Å². The molecule has 0 nitrogen and oxygen atoms in total.